The summed E-state index contributed by atoms with van der Waals surface area (Å²) in [6.45, 7) is 4.89. The molecule has 1 N–H and O–H groups in total. The molecule has 0 bridgehead atoms. The number of hydrogen-bond donors (Lipinski definition) is 1. The van der Waals surface area contributed by atoms with Crippen molar-refractivity contribution in [1.29, 1.82) is 0 Å². The van der Waals surface area contributed by atoms with Crippen LogP contribution >= 0.6 is 11.3 Å². The molecule has 0 aromatic carbocycles. The standard InChI is InChI=1S/C16H24N2OS/c1-3-12-6-4-5-7-13(12)18-15(19)10-17-16(18)14-9-8-11(2)20-14/h8-9,12-13,16-17H,3-7,10H2,1-2H3. The van der Waals surface area contributed by atoms with Crippen molar-refractivity contribution in [2.24, 2.45) is 5.92 Å². The minimum Gasteiger partial charge on any atom is -0.318 e. The van der Waals surface area contributed by atoms with Gasteiger partial charge in [0, 0.05) is 15.8 Å². The van der Waals surface area contributed by atoms with Crippen LogP contribution in [0.1, 0.15) is 54.9 Å². The number of carbonyl (C=O) groups excluding carboxylic acids is 1. The third-order valence-electron chi connectivity index (χ3n) is 4.79. The fourth-order valence-corrected chi connectivity index (χ4v) is 4.72. The third-order valence-corrected chi connectivity index (χ3v) is 5.85. The zero-order valence-electron chi connectivity index (χ0n) is 12.4. The fourth-order valence-electron chi connectivity index (χ4n) is 3.76. The molecule has 1 aliphatic carbocycles. The van der Waals surface area contributed by atoms with Crippen molar-refractivity contribution in [2.75, 3.05) is 6.54 Å². The molecule has 1 aromatic heterocycles. The highest BCUT2D eigenvalue weighted by Crippen LogP contribution is 2.37. The van der Waals surface area contributed by atoms with Gasteiger partial charge >= 0.3 is 0 Å². The summed E-state index contributed by atoms with van der Waals surface area (Å²) in [6, 6.07) is 4.76. The summed E-state index contributed by atoms with van der Waals surface area (Å²) in [7, 11) is 0. The van der Waals surface area contributed by atoms with E-state index in [0.29, 0.717) is 18.5 Å². The van der Waals surface area contributed by atoms with Gasteiger partial charge in [-0.15, -0.1) is 11.3 Å². The Bertz CT molecular complexity index is 485. The maximum absolute atomic E-state index is 12.4. The summed E-state index contributed by atoms with van der Waals surface area (Å²) < 4.78 is 0. The van der Waals surface area contributed by atoms with Crippen molar-refractivity contribution in [3.63, 3.8) is 0 Å². The van der Waals surface area contributed by atoms with Crippen LogP contribution in [-0.2, 0) is 4.79 Å². The van der Waals surface area contributed by atoms with E-state index in [2.05, 4.69) is 36.2 Å². The molecule has 2 fully saturated rings. The van der Waals surface area contributed by atoms with Crippen LogP contribution in [-0.4, -0.2) is 23.4 Å². The Balaban J connectivity index is 1.86. The monoisotopic (exact) mass is 292 g/mol. The van der Waals surface area contributed by atoms with E-state index >= 15 is 0 Å². The van der Waals surface area contributed by atoms with Crippen LogP contribution in [0.4, 0.5) is 0 Å². The van der Waals surface area contributed by atoms with Crippen LogP contribution in [0, 0.1) is 12.8 Å². The smallest absolute Gasteiger partial charge is 0.238 e. The topological polar surface area (TPSA) is 32.3 Å². The van der Waals surface area contributed by atoms with E-state index in [1.54, 1.807) is 0 Å². The first-order valence-corrected chi connectivity index (χ1v) is 8.63. The first-order chi connectivity index (χ1) is 9.70. The molecule has 3 unspecified atom stereocenters. The molecule has 3 rings (SSSR count). The summed E-state index contributed by atoms with van der Waals surface area (Å²) in [5.41, 5.74) is 0. The van der Waals surface area contributed by atoms with Gasteiger partial charge in [0.1, 0.15) is 6.17 Å². The Morgan fingerprint density at radius 1 is 1.35 bits per heavy atom. The second-order valence-electron chi connectivity index (χ2n) is 6.05. The molecular weight excluding hydrogens is 268 g/mol. The minimum atomic E-state index is 0.110. The lowest BCUT2D eigenvalue weighted by molar-refractivity contribution is -0.132. The lowest BCUT2D eigenvalue weighted by Crippen LogP contribution is -2.45. The first kappa shape index (κ1) is 14.1. The predicted molar refractivity (Wildman–Crippen MR) is 82.7 cm³/mol. The van der Waals surface area contributed by atoms with Gasteiger partial charge in [-0.05, 0) is 37.8 Å². The van der Waals surface area contributed by atoms with Crippen LogP contribution in [0.15, 0.2) is 12.1 Å². The molecule has 0 radical (unpaired) electrons. The molecule has 20 heavy (non-hydrogen) atoms. The molecular formula is C16H24N2OS. The summed E-state index contributed by atoms with van der Waals surface area (Å²) in [5, 5.41) is 3.41. The maximum atomic E-state index is 12.4. The second kappa shape index (κ2) is 5.86. The van der Waals surface area contributed by atoms with Crippen LogP contribution in [0.3, 0.4) is 0 Å². The summed E-state index contributed by atoms with van der Waals surface area (Å²) >= 11 is 1.81. The molecule has 1 saturated heterocycles. The SMILES string of the molecule is CCC1CCCCC1N1C(=O)CNC1c1ccc(C)s1. The Hall–Kier alpha value is -0.870. The van der Waals surface area contributed by atoms with E-state index in [0.717, 1.165) is 0 Å². The fraction of sp³-hybridized carbons (Fsp3) is 0.688. The van der Waals surface area contributed by atoms with Gasteiger partial charge in [-0.3, -0.25) is 10.1 Å². The molecule has 3 atom stereocenters. The number of nitrogens with zero attached hydrogens (tertiary/aromatic N) is 1. The molecule has 2 aliphatic rings. The number of hydrogen-bond acceptors (Lipinski definition) is 3. The van der Waals surface area contributed by atoms with E-state index in [9.17, 15) is 4.79 Å². The van der Waals surface area contributed by atoms with Gasteiger partial charge in [0.05, 0.1) is 6.54 Å². The van der Waals surface area contributed by atoms with Crippen molar-refractivity contribution < 1.29 is 4.79 Å². The van der Waals surface area contributed by atoms with Crippen LogP contribution in [0.5, 0.6) is 0 Å². The van der Waals surface area contributed by atoms with Crippen LogP contribution < -0.4 is 5.32 Å². The lowest BCUT2D eigenvalue weighted by Gasteiger charge is -2.40. The van der Waals surface area contributed by atoms with Crippen molar-refractivity contribution in [3.8, 4) is 0 Å². The number of rotatable bonds is 3. The van der Waals surface area contributed by atoms with Crippen molar-refractivity contribution in [2.45, 2.75) is 58.2 Å². The molecule has 1 aromatic rings. The number of thiophene rings is 1. The van der Waals surface area contributed by atoms with E-state index < -0.39 is 0 Å². The number of aryl methyl sites for hydroxylation is 1. The molecule has 3 nitrogen and oxygen atoms in total. The highest BCUT2D eigenvalue weighted by molar-refractivity contribution is 7.12. The predicted octanol–water partition coefficient (Wildman–Crippen LogP) is 3.46. The Morgan fingerprint density at radius 2 is 2.15 bits per heavy atom. The van der Waals surface area contributed by atoms with Gasteiger partial charge < -0.3 is 4.90 Å². The normalized spacial score (nSPS) is 31.0. The quantitative estimate of drug-likeness (QED) is 0.925. The molecule has 4 heteroatoms. The zero-order valence-corrected chi connectivity index (χ0v) is 13.2. The minimum absolute atomic E-state index is 0.110. The van der Waals surface area contributed by atoms with Gasteiger partial charge in [-0.1, -0.05) is 26.2 Å². The molecule has 2 heterocycles. The average molecular weight is 292 g/mol. The number of nitrogens with one attached hydrogen (secondary N) is 1. The zero-order chi connectivity index (χ0) is 14.1. The maximum Gasteiger partial charge on any atom is 0.238 e. The van der Waals surface area contributed by atoms with Crippen molar-refractivity contribution in [1.82, 2.24) is 10.2 Å². The molecule has 1 aliphatic heterocycles. The first-order valence-electron chi connectivity index (χ1n) is 7.81. The summed E-state index contributed by atoms with van der Waals surface area (Å²) in [5.74, 6) is 0.961. The van der Waals surface area contributed by atoms with Gasteiger partial charge in [0.15, 0.2) is 0 Å². The van der Waals surface area contributed by atoms with E-state index in [-0.39, 0.29) is 12.1 Å². The molecule has 0 spiro atoms. The Morgan fingerprint density at radius 3 is 2.85 bits per heavy atom. The highest BCUT2D eigenvalue weighted by atomic mass is 32.1. The largest absolute Gasteiger partial charge is 0.318 e. The van der Waals surface area contributed by atoms with Crippen molar-refractivity contribution >= 4 is 17.2 Å². The van der Waals surface area contributed by atoms with Gasteiger partial charge in [0.2, 0.25) is 5.91 Å². The molecule has 1 saturated carbocycles. The van der Waals surface area contributed by atoms with Gasteiger partial charge in [-0.25, -0.2) is 0 Å². The van der Waals surface area contributed by atoms with Crippen LogP contribution in [0.2, 0.25) is 0 Å². The Kier molecular flexibility index (Phi) is 4.13. The average Bonchev–Trinajstić information content (AvgIpc) is 3.04. The van der Waals surface area contributed by atoms with E-state index in [1.807, 2.05) is 11.3 Å². The van der Waals surface area contributed by atoms with E-state index in [4.69, 9.17) is 0 Å². The lowest BCUT2D eigenvalue weighted by atomic mass is 9.82. The number of amides is 1. The highest BCUT2D eigenvalue weighted by Gasteiger charge is 2.40. The van der Waals surface area contributed by atoms with Gasteiger partial charge in [0.25, 0.3) is 0 Å². The molecule has 110 valence electrons. The Labute approximate surface area is 125 Å². The van der Waals surface area contributed by atoms with Gasteiger partial charge in [-0.2, -0.15) is 0 Å². The summed E-state index contributed by atoms with van der Waals surface area (Å²) in [4.78, 5) is 17.2. The second-order valence-corrected chi connectivity index (χ2v) is 7.37. The van der Waals surface area contributed by atoms with Crippen LogP contribution in [0.25, 0.3) is 0 Å². The summed E-state index contributed by atoms with van der Waals surface area (Å²) in [6.07, 6.45) is 6.34. The third kappa shape index (κ3) is 2.51. The van der Waals surface area contributed by atoms with Crippen molar-refractivity contribution in [3.05, 3.63) is 21.9 Å². The number of carbonyl (C=O) groups is 1. The molecule has 1 amide bonds. The van der Waals surface area contributed by atoms with E-state index in [1.165, 1.54) is 41.9 Å².